The standard InChI is InChI=1S/C16H23FN4.HI/c1-3-9-19-16(18-4-2)21-12-10-20(11-13-21)15-8-6-5-7-14(15)17;/h3,5-8H,1,4,9-13H2,2H3,(H,18,19);1H. The molecule has 0 unspecified atom stereocenters. The second-order valence-electron chi connectivity index (χ2n) is 4.91. The first-order chi connectivity index (χ1) is 10.3. The summed E-state index contributed by atoms with van der Waals surface area (Å²) in [6.45, 7) is 10.4. The molecule has 1 aromatic carbocycles. The maximum atomic E-state index is 13.8. The Morgan fingerprint density at radius 2 is 2.00 bits per heavy atom. The summed E-state index contributed by atoms with van der Waals surface area (Å²) in [6.07, 6.45) is 1.78. The van der Waals surface area contributed by atoms with Crippen LogP contribution in [0.25, 0.3) is 0 Å². The minimum Gasteiger partial charge on any atom is -0.366 e. The highest BCUT2D eigenvalue weighted by molar-refractivity contribution is 14.0. The summed E-state index contributed by atoms with van der Waals surface area (Å²) in [5, 5.41) is 3.29. The van der Waals surface area contributed by atoms with Crippen LogP contribution in [0.3, 0.4) is 0 Å². The van der Waals surface area contributed by atoms with E-state index in [1.165, 1.54) is 6.07 Å². The van der Waals surface area contributed by atoms with E-state index in [1.807, 2.05) is 12.1 Å². The smallest absolute Gasteiger partial charge is 0.194 e. The van der Waals surface area contributed by atoms with E-state index in [9.17, 15) is 4.39 Å². The Kier molecular flexibility index (Phi) is 8.22. The largest absolute Gasteiger partial charge is 0.366 e. The molecule has 0 bridgehead atoms. The molecule has 1 saturated heterocycles. The lowest BCUT2D eigenvalue weighted by molar-refractivity contribution is 0.371. The van der Waals surface area contributed by atoms with E-state index in [4.69, 9.17) is 0 Å². The zero-order valence-corrected chi connectivity index (χ0v) is 15.3. The number of rotatable bonds is 4. The average molecular weight is 418 g/mol. The maximum Gasteiger partial charge on any atom is 0.194 e. The second kappa shape index (κ2) is 9.66. The number of halogens is 2. The van der Waals surface area contributed by atoms with Crippen molar-refractivity contribution in [3.8, 4) is 0 Å². The van der Waals surface area contributed by atoms with Crippen LogP contribution in [-0.4, -0.2) is 50.1 Å². The van der Waals surface area contributed by atoms with Crippen LogP contribution in [0, 0.1) is 5.82 Å². The molecule has 1 aliphatic rings. The van der Waals surface area contributed by atoms with Gasteiger partial charge in [0.1, 0.15) is 5.82 Å². The summed E-state index contributed by atoms with van der Waals surface area (Å²) >= 11 is 0. The summed E-state index contributed by atoms with van der Waals surface area (Å²) in [7, 11) is 0. The minimum absolute atomic E-state index is 0. The van der Waals surface area contributed by atoms with Gasteiger partial charge in [-0.15, -0.1) is 30.6 Å². The molecule has 0 radical (unpaired) electrons. The molecule has 1 heterocycles. The van der Waals surface area contributed by atoms with Crippen LogP contribution >= 0.6 is 24.0 Å². The highest BCUT2D eigenvalue weighted by Crippen LogP contribution is 2.20. The SMILES string of the molecule is C=CCN=C(NCC)N1CCN(c2ccccc2F)CC1.I. The van der Waals surface area contributed by atoms with E-state index in [1.54, 1.807) is 12.1 Å². The molecule has 0 aliphatic carbocycles. The number of benzene rings is 1. The number of hydrogen-bond acceptors (Lipinski definition) is 2. The molecule has 22 heavy (non-hydrogen) atoms. The summed E-state index contributed by atoms with van der Waals surface area (Å²) < 4.78 is 13.8. The van der Waals surface area contributed by atoms with Crippen molar-refractivity contribution in [1.82, 2.24) is 10.2 Å². The topological polar surface area (TPSA) is 30.9 Å². The van der Waals surface area contributed by atoms with Crippen LogP contribution in [0.1, 0.15) is 6.92 Å². The van der Waals surface area contributed by atoms with Crippen LogP contribution < -0.4 is 10.2 Å². The maximum absolute atomic E-state index is 13.8. The number of aliphatic imine (C=N–C) groups is 1. The molecule has 2 rings (SSSR count). The number of anilines is 1. The fourth-order valence-corrected chi connectivity index (χ4v) is 2.44. The van der Waals surface area contributed by atoms with Gasteiger partial charge in [0.15, 0.2) is 5.96 Å². The molecule has 1 aliphatic heterocycles. The van der Waals surface area contributed by atoms with Crippen molar-refractivity contribution >= 4 is 35.6 Å². The molecular formula is C16H24FIN4. The summed E-state index contributed by atoms with van der Waals surface area (Å²) in [6, 6.07) is 6.94. The number of hydrogen-bond donors (Lipinski definition) is 1. The molecule has 122 valence electrons. The van der Waals surface area contributed by atoms with Crippen molar-refractivity contribution in [2.45, 2.75) is 6.92 Å². The van der Waals surface area contributed by atoms with Gasteiger partial charge in [-0.05, 0) is 19.1 Å². The fraction of sp³-hybridized carbons (Fsp3) is 0.438. The van der Waals surface area contributed by atoms with Gasteiger partial charge in [-0.3, -0.25) is 0 Å². The fourth-order valence-electron chi connectivity index (χ4n) is 2.44. The van der Waals surface area contributed by atoms with Gasteiger partial charge in [0, 0.05) is 32.7 Å². The van der Waals surface area contributed by atoms with Gasteiger partial charge in [-0.25, -0.2) is 9.38 Å². The van der Waals surface area contributed by atoms with Gasteiger partial charge >= 0.3 is 0 Å². The first kappa shape index (κ1) is 18.7. The summed E-state index contributed by atoms with van der Waals surface area (Å²) in [5.41, 5.74) is 0.685. The van der Waals surface area contributed by atoms with Gasteiger partial charge < -0.3 is 15.1 Å². The normalized spacial score (nSPS) is 15.3. The third-order valence-corrected chi connectivity index (χ3v) is 3.48. The van der Waals surface area contributed by atoms with E-state index in [0.29, 0.717) is 12.2 Å². The molecule has 0 saturated carbocycles. The average Bonchev–Trinajstić information content (AvgIpc) is 2.52. The molecule has 1 N–H and O–H groups in total. The van der Waals surface area contributed by atoms with E-state index >= 15 is 0 Å². The third kappa shape index (κ3) is 4.86. The van der Waals surface area contributed by atoms with Crippen molar-refractivity contribution in [2.75, 3.05) is 44.2 Å². The monoisotopic (exact) mass is 418 g/mol. The van der Waals surface area contributed by atoms with Gasteiger partial charge in [-0.2, -0.15) is 0 Å². The number of nitrogens with one attached hydrogen (secondary N) is 1. The van der Waals surface area contributed by atoms with Gasteiger partial charge in [0.05, 0.1) is 12.2 Å². The van der Waals surface area contributed by atoms with Crippen molar-refractivity contribution in [1.29, 1.82) is 0 Å². The third-order valence-electron chi connectivity index (χ3n) is 3.48. The van der Waals surface area contributed by atoms with Crippen LogP contribution in [0.2, 0.25) is 0 Å². The van der Waals surface area contributed by atoms with Gasteiger partial charge in [-0.1, -0.05) is 18.2 Å². The Labute approximate surface area is 149 Å². The van der Waals surface area contributed by atoms with Gasteiger partial charge in [0.2, 0.25) is 0 Å². The summed E-state index contributed by atoms with van der Waals surface area (Å²) in [4.78, 5) is 8.79. The Balaban J connectivity index is 0.00000242. The molecule has 0 atom stereocenters. The number of piperazine rings is 1. The lowest BCUT2D eigenvalue weighted by Crippen LogP contribution is -2.52. The number of guanidine groups is 1. The quantitative estimate of drug-likeness (QED) is 0.353. The molecule has 0 aromatic heterocycles. The van der Waals surface area contributed by atoms with Crippen LogP contribution in [-0.2, 0) is 0 Å². The Hall–Kier alpha value is -1.31. The first-order valence-corrected chi connectivity index (χ1v) is 7.40. The minimum atomic E-state index is -0.154. The molecule has 4 nitrogen and oxygen atoms in total. The van der Waals surface area contributed by atoms with Gasteiger partial charge in [0.25, 0.3) is 0 Å². The van der Waals surface area contributed by atoms with Crippen LogP contribution in [0.5, 0.6) is 0 Å². The number of para-hydroxylation sites is 1. The van der Waals surface area contributed by atoms with E-state index in [2.05, 4.69) is 33.6 Å². The molecule has 1 fully saturated rings. The van der Waals surface area contributed by atoms with Crippen molar-refractivity contribution in [3.05, 3.63) is 42.7 Å². The Morgan fingerprint density at radius 3 is 2.59 bits per heavy atom. The highest BCUT2D eigenvalue weighted by atomic mass is 127. The zero-order chi connectivity index (χ0) is 15.1. The number of nitrogens with zero attached hydrogens (tertiary/aromatic N) is 3. The Bertz CT molecular complexity index is 499. The predicted molar refractivity (Wildman–Crippen MR) is 102 cm³/mol. The van der Waals surface area contributed by atoms with Crippen LogP contribution in [0.15, 0.2) is 41.9 Å². The van der Waals surface area contributed by atoms with E-state index in [-0.39, 0.29) is 29.8 Å². The van der Waals surface area contributed by atoms with Crippen molar-refractivity contribution in [3.63, 3.8) is 0 Å². The molecule has 0 spiro atoms. The highest BCUT2D eigenvalue weighted by Gasteiger charge is 2.21. The molecule has 6 heteroatoms. The molecule has 0 amide bonds. The van der Waals surface area contributed by atoms with Crippen molar-refractivity contribution in [2.24, 2.45) is 4.99 Å². The van der Waals surface area contributed by atoms with Crippen molar-refractivity contribution < 1.29 is 4.39 Å². The Morgan fingerprint density at radius 1 is 1.32 bits per heavy atom. The lowest BCUT2D eigenvalue weighted by Gasteiger charge is -2.37. The lowest BCUT2D eigenvalue weighted by atomic mass is 10.2. The second-order valence-corrected chi connectivity index (χ2v) is 4.91. The van der Waals surface area contributed by atoms with E-state index in [0.717, 1.165) is 38.7 Å². The summed E-state index contributed by atoms with van der Waals surface area (Å²) in [5.74, 6) is 0.753. The van der Waals surface area contributed by atoms with Crippen LogP contribution in [0.4, 0.5) is 10.1 Å². The molecule has 1 aromatic rings. The van der Waals surface area contributed by atoms with E-state index < -0.39 is 0 Å². The zero-order valence-electron chi connectivity index (χ0n) is 13.0. The molecular weight excluding hydrogens is 394 g/mol. The predicted octanol–water partition coefficient (Wildman–Crippen LogP) is 2.72. The first-order valence-electron chi connectivity index (χ1n) is 7.40.